The Morgan fingerprint density at radius 2 is 1.46 bits per heavy atom. The summed E-state index contributed by atoms with van der Waals surface area (Å²) in [4.78, 5) is 28.1. The van der Waals surface area contributed by atoms with Gasteiger partial charge >= 0.3 is 11.9 Å². The number of carbonyl (C=O) groups excluding carboxylic acids is 2. The zero-order valence-corrected chi connectivity index (χ0v) is 16.5. The molecule has 144 valence electrons. The van der Waals surface area contributed by atoms with Crippen molar-refractivity contribution in [1.29, 1.82) is 0 Å². The Hall–Kier alpha value is -3.13. The number of methoxy groups -OCH3 is 2. The average molecular weight is 377 g/mol. The van der Waals surface area contributed by atoms with Gasteiger partial charge in [0.15, 0.2) is 0 Å². The van der Waals surface area contributed by atoms with Crippen molar-refractivity contribution in [2.24, 2.45) is 5.92 Å². The fourth-order valence-electron chi connectivity index (χ4n) is 4.10. The zero-order valence-electron chi connectivity index (χ0n) is 16.5. The van der Waals surface area contributed by atoms with Crippen LogP contribution >= 0.6 is 0 Å². The minimum atomic E-state index is -0.847. The lowest BCUT2D eigenvalue weighted by Crippen LogP contribution is -2.32. The molecule has 5 heteroatoms. The number of benzene rings is 2. The molecular weight excluding hydrogens is 354 g/mol. The number of hydrogen-bond donors (Lipinski definition) is 0. The van der Waals surface area contributed by atoms with E-state index in [0.717, 1.165) is 22.3 Å². The van der Waals surface area contributed by atoms with Gasteiger partial charge in [-0.2, -0.15) is 0 Å². The zero-order chi connectivity index (χ0) is 20.5. The molecule has 0 N–H and O–H groups in total. The van der Waals surface area contributed by atoms with Gasteiger partial charge < -0.3 is 9.47 Å². The Bertz CT molecular complexity index is 919. The van der Waals surface area contributed by atoms with Crippen molar-refractivity contribution in [3.05, 3.63) is 81.2 Å². The van der Waals surface area contributed by atoms with Gasteiger partial charge in [-0.25, -0.2) is 16.2 Å². The highest BCUT2D eigenvalue weighted by molar-refractivity contribution is 5.91. The molecule has 0 atom stereocenters. The summed E-state index contributed by atoms with van der Waals surface area (Å²) < 4.78 is 9.69. The minimum Gasteiger partial charge on any atom is -0.465 e. The number of carbonyl (C=O) groups is 2. The van der Waals surface area contributed by atoms with Crippen LogP contribution in [0.1, 0.15) is 63.2 Å². The molecule has 0 unspecified atom stereocenters. The summed E-state index contributed by atoms with van der Waals surface area (Å²) in [6, 6.07) is 10.8. The summed E-state index contributed by atoms with van der Waals surface area (Å²) in [5.74, 6) is -0.531. The van der Waals surface area contributed by atoms with E-state index in [9.17, 15) is 9.59 Å². The molecule has 1 aliphatic carbocycles. The number of fused-ring (bicyclic) bond motifs is 2. The van der Waals surface area contributed by atoms with Gasteiger partial charge in [-0.1, -0.05) is 13.8 Å². The SMILES string of the molecule is [C-]#[N+]C1(CC(C)C)c2ccc(C(=O)OC)cc2Cc2cc(C(=O)OC)ccc21. The molecule has 0 saturated heterocycles. The van der Waals surface area contributed by atoms with Crippen LogP contribution in [-0.2, 0) is 21.4 Å². The molecule has 0 bridgehead atoms. The van der Waals surface area contributed by atoms with Crippen LogP contribution in [0.2, 0.25) is 0 Å². The standard InChI is InChI=1S/C23H23NO4/c1-14(2)13-23(24-3)19-8-6-15(21(25)27-4)10-17(19)12-18-11-16(22(26)28-5)7-9-20(18)23/h6-11,14H,12-13H2,1-2,4-5H3. The highest BCUT2D eigenvalue weighted by Gasteiger charge is 2.47. The Labute approximate surface area is 165 Å². The molecule has 28 heavy (non-hydrogen) atoms. The highest BCUT2D eigenvalue weighted by Crippen LogP contribution is 2.47. The first-order valence-corrected chi connectivity index (χ1v) is 9.18. The monoisotopic (exact) mass is 377 g/mol. The van der Waals surface area contributed by atoms with Crippen molar-refractivity contribution in [1.82, 2.24) is 0 Å². The first-order valence-electron chi connectivity index (χ1n) is 9.18. The van der Waals surface area contributed by atoms with Gasteiger partial charge in [0.2, 0.25) is 0 Å². The van der Waals surface area contributed by atoms with Crippen molar-refractivity contribution >= 4 is 11.9 Å². The first-order chi connectivity index (χ1) is 13.4. The van der Waals surface area contributed by atoms with Crippen molar-refractivity contribution in [3.8, 4) is 0 Å². The van der Waals surface area contributed by atoms with E-state index in [0.29, 0.717) is 24.0 Å². The van der Waals surface area contributed by atoms with Gasteiger partial charge in [0.25, 0.3) is 5.54 Å². The molecule has 0 spiro atoms. The molecule has 0 fully saturated rings. The van der Waals surface area contributed by atoms with Crippen molar-refractivity contribution in [2.75, 3.05) is 14.2 Å². The lowest BCUT2D eigenvalue weighted by molar-refractivity contribution is 0.0592. The third kappa shape index (κ3) is 3.16. The van der Waals surface area contributed by atoms with Crippen molar-refractivity contribution in [3.63, 3.8) is 0 Å². The molecule has 1 aliphatic rings. The summed E-state index contributed by atoms with van der Waals surface area (Å²) >= 11 is 0. The summed E-state index contributed by atoms with van der Waals surface area (Å²) in [5, 5.41) is 0. The largest absolute Gasteiger partial charge is 0.465 e. The second-order valence-corrected chi connectivity index (χ2v) is 7.47. The molecule has 2 aromatic rings. The Kier molecular flexibility index (Phi) is 5.24. The lowest BCUT2D eigenvalue weighted by atomic mass is 9.69. The molecule has 5 nitrogen and oxygen atoms in total. The molecule has 3 rings (SSSR count). The summed E-state index contributed by atoms with van der Waals surface area (Å²) in [6.45, 7) is 12.3. The fourth-order valence-corrected chi connectivity index (χ4v) is 4.10. The van der Waals surface area contributed by atoms with E-state index in [1.807, 2.05) is 12.1 Å². The van der Waals surface area contributed by atoms with Crippen molar-refractivity contribution in [2.45, 2.75) is 32.2 Å². The highest BCUT2D eigenvalue weighted by atomic mass is 16.5. The Balaban J connectivity index is 2.24. The normalized spacial score (nSPS) is 13.9. The topological polar surface area (TPSA) is 57.0 Å². The van der Waals surface area contributed by atoms with Gasteiger partial charge in [-0.15, -0.1) is 0 Å². The van der Waals surface area contributed by atoms with Crippen LogP contribution in [0, 0.1) is 12.5 Å². The average Bonchev–Trinajstić information content (AvgIpc) is 2.70. The van der Waals surface area contributed by atoms with E-state index in [1.54, 1.807) is 24.3 Å². The quantitative estimate of drug-likeness (QED) is 0.586. The van der Waals surface area contributed by atoms with Crippen molar-refractivity contribution < 1.29 is 19.1 Å². The van der Waals surface area contributed by atoms with Gasteiger partial charge in [-0.3, -0.25) is 4.85 Å². The van der Waals surface area contributed by atoms with Gasteiger partial charge in [0, 0.05) is 17.5 Å². The van der Waals surface area contributed by atoms with Gasteiger partial charge in [-0.05, 0) is 59.9 Å². The first kappa shape index (κ1) is 19.6. The van der Waals surface area contributed by atoms with Crippen LogP contribution in [0.15, 0.2) is 36.4 Å². The maximum atomic E-state index is 12.0. The second kappa shape index (κ2) is 7.47. The molecule has 0 aromatic heterocycles. The van der Waals surface area contributed by atoms with E-state index >= 15 is 0 Å². The summed E-state index contributed by atoms with van der Waals surface area (Å²) in [6.07, 6.45) is 1.18. The third-order valence-electron chi connectivity index (χ3n) is 5.22. The summed E-state index contributed by atoms with van der Waals surface area (Å²) in [7, 11) is 2.70. The van der Waals surface area contributed by atoms with E-state index in [2.05, 4.69) is 18.7 Å². The van der Waals surface area contributed by atoms with Crippen LogP contribution in [0.3, 0.4) is 0 Å². The van der Waals surface area contributed by atoms with Crippen LogP contribution in [-0.4, -0.2) is 26.2 Å². The van der Waals surface area contributed by atoms with Crippen LogP contribution in [0.5, 0.6) is 0 Å². The molecule has 0 saturated carbocycles. The number of nitrogens with zero attached hydrogens (tertiary/aromatic N) is 1. The van der Waals surface area contributed by atoms with Gasteiger partial charge in [0.05, 0.1) is 25.3 Å². The van der Waals surface area contributed by atoms with Crippen LogP contribution < -0.4 is 0 Å². The maximum absolute atomic E-state index is 12.0. The number of hydrogen-bond acceptors (Lipinski definition) is 4. The van der Waals surface area contributed by atoms with E-state index < -0.39 is 17.5 Å². The van der Waals surface area contributed by atoms with E-state index in [4.69, 9.17) is 16.0 Å². The third-order valence-corrected chi connectivity index (χ3v) is 5.22. The summed E-state index contributed by atoms with van der Waals surface area (Å²) in [5.41, 5.74) is 3.72. The molecule has 2 aromatic carbocycles. The predicted octanol–water partition coefficient (Wildman–Crippen LogP) is 4.37. The van der Waals surface area contributed by atoms with Crippen LogP contribution in [0.4, 0.5) is 0 Å². The molecule has 0 radical (unpaired) electrons. The second-order valence-electron chi connectivity index (χ2n) is 7.47. The van der Waals surface area contributed by atoms with E-state index in [-0.39, 0.29) is 5.92 Å². The van der Waals surface area contributed by atoms with E-state index in [1.165, 1.54) is 14.2 Å². The molecule has 0 aliphatic heterocycles. The maximum Gasteiger partial charge on any atom is 0.337 e. The fraction of sp³-hybridized carbons (Fsp3) is 0.348. The molecular formula is C23H23NO4. The minimum absolute atomic E-state index is 0.286. The van der Waals surface area contributed by atoms with Gasteiger partial charge in [0.1, 0.15) is 0 Å². The lowest BCUT2D eigenvalue weighted by Gasteiger charge is -2.33. The number of esters is 2. The number of ether oxygens (including phenoxy) is 2. The predicted molar refractivity (Wildman–Crippen MR) is 105 cm³/mol. The number of rotatable bonds is 4. The molecule has 0 heterocycles. The Morgan fingerprint density at radius 1 is 1.00 bits per heavy atom. The Morgan fingerprint density at radius 3 is 1.82 bits per heavy atom. The molecule has 0 amide bonds. The smallest absolute Gasteiger partial charge is 0.337 e. The van der Waals surface area contributed by atoms with Crippen LogP contribution in [0.25, 0.3) is 4.85 Å².